The quantitative estimate of drug-likeness (QED) is 0.887. The molecule has 2 atom stereocenters. The van der Waals surface area contributed by atoms with Crippen molar-refractivity contribution in [3.63, 3.8) is 0 Å². The van der Waals surface area contributed by atoms with Crippen LogP contribution in [0.15, 0.2) is 18.2 Å². The van der Waals surface area contributed by atoms with Crippen LogP contribution in [-0.4, -0.2) is 31.0 Å². The molecule has 4 heteroatoms. The van der Waals surface area contributed by atoms with Gasteiger partial charge in [0.25, 0.3) is 5.91 Å². The molecule has 0 spiro atoms. The van der Waals surface area contributed by atoms with Gasteiger partial charge in [0.2, 0.25) is 0 Å². The summed E-state index contributed by atoms with van der Waals surface area (Å²) in [5.41, 5.74) is 7.90. The van der Waals surface area contributed by atoms with Gasteiger partial charge in [0, 0.05) is 25.7 Å². The average molecular weight is 250 g/mol. The number of benzene rings is 1. The summed E-state index contributed by atoms with van der Waals surface area (Å²) in [6.45, 7) is 5.63. The van der Waals surface area contributed by atoms with E-state index in [1.807, 2.05) is 32.0 Å². The molecule has 0 bridgehead atoms. The molecule has 0 aliphatic rings. The Morgan fingerprint density at radius 3 is 2.44 bits per heavy atom. The predicted molar refractivity (Wildman–Crippen MR) is 72.6 cm³/mol. The van der Waals surface area contributed by atoms with Crippen LogP contribution in [0, 0.1) is 6.92 Å². The van der Waals surface area contributed by atoms with Crippen LogP contribution in [0.2, 0.25) is 0 Å². The summed E-state index contributed by atoms with van der Waals surface area (Å²) < 4.78 is 5.74. The fourth-order valence-corrected chi connectivity index (χ4v) is 1.72. The van der Waals surface area contributed by atoms with Crippen molar-refractivity contribution >= 4 is 5.91 Å². The molecule has 0 aliphatic carbocycles. The molecular weight excluding hydrogens is 228 g/mol. The Morgan fingerprint density at radius 2 is 1.94 bits per heavy atom. The van der Waals surface area contributed by atoms with Crippen molar-refractivity contribution in [3.05, 3.63) is 29.3 Å². The van der Waals surface area contributed by atoms with Gasteiger partial charge in [-0.25, -0.2) is 0 Å². The van der Waals surface area contributed by atoms with Crippen molar-refractivity contribution in [3.8, 4) is 5.75 Å². The maximum absolute atomic E-state index is 11.8. The molecule has 0 saturated carbocycles. The SMILES string of the molecule is Cc1ccc([C@@H](C)N)c(OC(C)C(=O)N(C)C)c1. The topological polar surface area (TPSA) is 55.6 Å². The summed E-state index contributed by atoms with van der Waals surface area (Å²) in [4.78, 5) is 13.3. The molecule has 1 amide bonds. The molecule has 2 N–H and O–H groups in total. The van der Waals surface area contributed by atoms with Gasteiger partial charge in [0.05, 0.1) is 0 Å². The highest BCUT2D eigenvalue weighted by Gasteiger charge is 2.18. The van der Waals surface area contributed by atoms with Crippen molar-refractivity contribution in [2.75, 3.05) is 14.1 Å². The number of carbonyl (C=O) groups is 1. The van der Waals surface area contributed by atoms with E-state index in [0.717, 1.165) is 11.1 Å². The lowest BCUT2D eigenvalue weighted by atomic mass is 10.1. The van der Waals surface area contributed by atoms with Crippen molar-refractivity contribution in [2.24, 2.45) is 5.73 Å². The standard InChI is InChI=1S/C14H22N2O2/c1-9-6-7-12(10(2)15)13(8-9)18-11(3)14(17)16(4)5/h6-8,10-11H,15H2,1-5H3/t10-,11?/m1/s1. The van der Waals surface area contributed by atoms with Gasteiger partial charge >= 0.3 is 0 Å². The van der Waals surface area contributed by atoms with Crippen LogP contribution in [-0.2, 0) is 4.79 Å². The van der Waals surface area contributed by atoms with Gasteiger partial charge in [0.15, 0.2) is 6.10 Å². The third-order valence-electron chi connectivity index (χ3n) is 2.75. The number of hydrogen-bond acceptors (Lipinski definition) is 3. The van der Waals surface area contributed by atoms with Gasteiger partial charge in [-0.1, -0.05) is 12.1 Å². The molecule has 1 rings (SSSR count). The summed E-state index contributed by atoms with van der Waals surface area (Å²) in [7, 11) is 3.43. The van der Waals surface area contributed by atoms with E-state index in [1.165, 1.54) is 4.90 Å². The highest BCUT2D eigenvalue weighted by Crippen LogP contribution is 2.26. The summed E-state index contributed by atoms with van der Waals surface area (Å²) in [5.74, 6) is 0.625. The third-order valence-corrected chi connectivity index (χ3v) is 2.75. The Morgan fingerprint density at radius 1 is 1.33 bits per heavy atom. The van der Waals surface area contributed by atoms with Gasteiger partial charge in [-0.05, 0) is 32.4 Å². The van der Waals surface area contributed by atoms with E-state index in [9.17, 15) is 4.79 Å². The summed E-state index contributed by atoms with van der Waals surface area (Å²) >= 11 is 0. The molecule has 1 unspecified atom stereocenters. The molecular formula is C14H22N2O2. The Labute approximate surface area is 109 Å². The van der Waals surface area contributed by atoms with Crippen molar-refractivity contribution in [1.82, 2.24) is 4.90 Å². The lowest BCUT2D eigenvalue weighted by molar-refractivity contribution is -0.135. The molecule has 0 radical (unpaired) electrons. The van der Waals surface area contributed by atoms with Crippen LogP contribution in [0.25, 0.3) is 0 Å². The number of rotatable bonds is 4. The van der Waals surface area contributed by atoms with Crippen LogP contribution < -0.4 is 10.5 Å². The van der Waals surface area contributed by atoms with Crippen molar-refractivity contribution in [1.29, 1.82) is 0 Å². The van der Waals surface area contributed by atoms with Crippen molar-refractivity contribution < 1.29 is 9.53 Å². The Kier molecular flexibility index (Phi) is 4.73. The Hall–Kier alpha value is -1.55. The van der Waals surface area contributed by atoms with E-state index >= 15 is 0 Å². The Balaban J connectivity index is 2.96. The first-order chi connectivity index (χ1) is 8.32. The molecule has 0 aromatic heterocycles. The number of nitrogens with two attached hydrogens (primary N) is 1. The minimum absolute atomic E-state index is 0.0628. The monoisotopic (exact) mass is 250 g/mol. The lowest BCUT2D eigenvalue weighted by Gasteiger charge is -2.21. The highest BCUT2D eigenvalue weighted by atomic mass is 16.5. The van der Waals surface area contributed by atoms with Crippen LogP contribution in [0.4, 0.5) is 0 Å². The molecule has 18 heavy (non-hydrogen) atoms. The summed E-state index contributed by atoms with van der Waals surface area (Å²) in [6, 6.07) is 5.73. The first-order valence-corrected chi connectivity index (χ1v) is 6.07. The van der Waals surface area contributed by atoms with Gasteiger partial charge in [-0.3, -0.25) is 4.79 Å². The lowest BCUT2D eigenvalue weighted by Crippen LogP contribution is -2.35. The molecule has 1 aromatic rings. The van der Waals surface area contributed by atoms with E-state index in [2.05, 4.69) is 0 Å². The van der Waals surface area contributed by atoms with Crippen LogP contribution in [0.3, 0.4) is 0 Å². The number of aryl methyl sites for hydroxylation is 1. The van der Waals surface area contributed by atoms with E-state index in [4.69, 9.17) is 10.5 Å². The maximum Gasteiger partial charge on any atom is 0.262 e. The third kappa shape index (κ3) is 3.47. The van der Waals surface area contributed by atoms with E-state index in [1.54, 1.807) is 21.0 Å². The predicted octanol–water partition coefficient (Wildman–Crippen LogP) is 1.87. The number of hydrogen-bond donors (Lipinski definition) is 1. The fourth-order valence-electron chi connectivity index (χ4n) is 1.72. The Bertz CT molecular complexity index is 428. The van der Waals surface area contributed by atoms with Crippen LogP contribution in [0.5, 0.6) is 5.75 Å². The number of likely N-dealkylation sites (N-methyl/N-ethyl adjacent to an activating group) is 1. The minimum Gasteiger partial charge on any atom is -0.481 e. The normalized spacial score (nSPS) is 13.9. The second kappa shape index (κ2) is 5.87. The highest BCUT2D eigenvalue weighted by molar-refractivity contribution is 5.80. The van der Waals surface area contributed by atoms with Gasteiger partial charge in [-0.2, -0.15) is 0 Å². The second-order valence-electron chi connectivity index (χ2n) is 4.82. The number of carbonyl (C=O) groups excluding carboxylic acids is 1. The molecule has 0 heterocycles. The number of amides is 1. The zero-order chi connectivity index (χ0) is 13.9. The maximum atomic E-state index is 11.8. The van der Waals surface area contributed by atoms with Crippen LogP contribution in [0.1, 0.15) is 31.0 Å². The summed E-state index contributed by atoms with van der Waals surface area (Å²) in [6.07, 6.45) is -0.515. The molecule has 1 aromatic carbocycles. The zero-order valence-electron chi connectivity index (χ0n) is 11.7. The minimum atomic E-state index is -0.515. The smallest absolute Gasteiger partial charge is 0.262 e. The summed E-state index contributed by atoms with van der Waals surface area (Å²) in [5, 5.41) is 0. The first-order valence-electron chi connectivity index (χ1n) is 6.07. The van der Waals surface area contributed by atoms with Gasteiger partial charge in [0.1, 0.15) is 5.75 Å². The molecule has 100 valence electrons. The first kappa shape index (κ1) is 14.5. The van der Waals surface area contributed by atoms with Crippen LogP contribution >= 0.6 is 0 Å². The van der Waals surface area contributed by atoms with E-state index in [0.29, 0.717) is 5.75 Å². The fraction of sp³-hybridized carbons (Fsp3) is 0.500. The largest absolute Gasteiger partial charge is 0.481 e. The molecule has 0 aliphatic heterocycles. The average Bonchev–Trinajstić information content (AvgIpc) is 2.27. The molecule has 0 saturated heterocycles. The van der Waals surface area contributed by atoms with E-state index < -0.39 is 6.10 Å². The number of ether oxygens (including phenoxy) is 1. The van der Waals surface area contributed by atoms with Gasteiger partial charge < -0.3 is 15.4 Å². The molecule has 0 fully saturated rings. The number of nitrogens with zero attached hydrogens (tertiary/aromatic N) is 1. The second-order valence-corrected chi connectivity index (χ2v) is 4.82. The zero-order valence-corrected chi connectivity index (χ0v) is 11.7. The van der Waals surface area contributed by atoms with E-state index in [-0.39, 0.29) is 11.9 Å². The van der Waals surface area contributed by atoms with Gasteiger partial charge in [-0.15, -0.1) is 0 Å². The molecule has 4 nitrogen and oxygen atoms in total. The van der Waals surface area contributed by atoms with Crippen molar-refractivity contribution in [2.45, 2.75) is 32.9 Å².